The van der Waals surface area contributed by atoms with E-state index in [4.69, 9.17) is 4.74 Å². The molecule has 1 aromatic carbocycles. The van der Waals surface area contributed by atoms with Crippen molar-refractivity contribution in [1.29, 1.82) is 0 Å². The quantitative estimate of drug-likeness (QED) is 0.753. The molecule has 0 aromatic heterocycles. The van der Waals surface area contributed by atoms with Crippen molar-refractivity contribution in [2.75, 3.05) is 25.5 Å². The number of hydrogen-bond acceptors (Lipinski definition) is 3. The van der Waals surface area contributed by atoms with Gasteiger partial charge in [0.15, 0.2) is 0 Å². The summed E-state index contributed by atoms with van der Waals surface area (Å²) in [6, 6.07) is 4.96. The van der Waals surface area contributed by atoms with Gasteiger partial charge in [0.25, 0.3) is 0 Å². The molecule has 1 fully saturated rings. The van der Waals surface area contributed by atoms with Gasteiger partial charge in [-0.25, -0.2) is 0 Å². The molecule has 1 aromatic rings. The third-order valence-electron chi connectivity index (χ3n) is 3.87. The van der Waals surface area contributed by atoms with Gasteiger partial charge in [0.05, 0.1) is 5.56 Å². The predicted octanol–water partition coefficient (Wildman–Crippen LogP) is 3.67. The Labute approximate surface area is 144 Å². The number of carbonyl (C=O) groups excluding carboxylic acids is 1. The molecule has 0 spiro atoms. The van der Waals surface area contributed by atoms with E-state index in [1.165, 1.54) is 12.1 Å². The maximum atomic E-state index is 12.5. The van der Waals surface area contributed by atoms with Crippen LogP contribution in [0.2, 0.25) is 0 Å². The van der Waals surface area contributed by atoms with Crippen molar-refractivity contribution in [3.63, 3.8) is 0 Å². The molecule has 1 aliphatic rings. The highest BCUT2D eigenvalue weighted by molar-refractivity contribution is 7.99. The number of aryl methyl sites for hydroxylation is 1. The van der Waals surface area contributed by atoms with Crippen LogP contribution in [0.1, 0.15) is 30.4 Å². The lowest BCUT2D eigenvalue weighted by molar-refractivity contribution is -0.137. The minimum absolute atomic E-state index is 0.0672. The zero-order chi connectivity index (χ0) is 17.4. The summed E-state index contributed by atoms with van der Waals surface area (Å²) in [6.45, 7) is 2.25. The molecule has 1 amide bonds. The van der Waals surface area contributed by atoms with E-state index in [1.54, 1.807) is 0 Å². The first-order valence-electron chi connectivity index (χ1n) is 8.07. The van der Waals surface area contributed by atoms with Gasteiger partial charge in [-0.15, -0.1) is 0 Å². The number of hydrogen-bond donors (Lipinski definition) is 1. The average molecular weight is 361 g/mol. The number of carbonyl (C=O) groups is 1. The van der Waals surface area contributed by atoms with Gasteiger partial charge in [-0.3, -0.25) is 4.79 Å². The third-order valence-corrected chi connectivity index (χ3v) is 5.25. The summed E-state index contributed by atoms with van der Waals surface area (Å²) in [5.41, 5.74) is 0.0653. The number of alkyl halides is 3. The minimum Gasteiger partial charge on any atom is -0.381 e. The van der Waals surface area contributed by atoms with Crippen LogP contribution in [0, 0.1) is 0 Å². The van der Waals surface area contributed by atoms with Crippen molar-refractivity contribution in [2.24, 2.45) is 0 Å². The van der Waals surface area contributed by atoms with E-state index in [9.17, 15) is 18.0 Å². The first kappa shape index (κ1) is 19.1. The molecular formula is C17H22F3NO2S. The van der Waals surface area contributed by atoms with E-state index in [0.29, 0.717) is 18.2 Å². The smallest absolute Gasteiger partial charge is 0.381 e. The van der Waals surface area contributed by atoms with Crippen LogP contribution in [0.5, 0.6) is 0 Å². The number of rotatable bonds is 7. The van der Waals surface area contributed by atoms with Crippen molar-refractivity contribution in [3.8, 4) is 0 Å². The van der Waals surface area contributed by atoms with Crippen LogP contribution in [0.15, 0.2) is 24.3 Å². The molecule has 3 nitrogen and oxygen atoms in total. The monoisotopic (exact) mass is 361 g/mol. The second kappa shape index (κ2) is 9.32. The van der Waals surface area contributed by atoms with Gasteiger partial charge >= 0.3 is 6.18 Å². The maximum Gasteiger partial charge on any atom is 0.416 e. The third kappa shape index (κ3) is 6.73. The lowest BCUT2D eigenvalue weighted by Crippen LogP contribution is -2.27. The highest BCUT2D eigenvalue weighted by Crippen LogP contribution is 2.29. The van der Waals surface area contributed by atoms with Crippen molar-refractivity contribution in [3.05, 3.63) is 35.4 Å². The average Bonchev–Trinajstić information content (AvgIpc) is 2.57. The molecule has 7 heteroatoms. The molecule has 2 rings (SSSR count). The lowest BCUT2D eigenvalue weighted by Gasteiger charge is -2.21. The van der Waals surface area contributed by atoms with Gasteiger partial charge in [0, 0.05) is 37.2 Å². The Morgan fingerprint density at radius 2 is 1.88 bits per heavy atom. The molecule has 0 aliphatic carbocycles. The molecule has 0 bridgehead atoms. The van der Waals surface area contributed by atoms with E-state index in [1.807, 2.05) is 11.8 Å². The van der Waals surface area contributed by atoms with Crippen LogP contribution in [-0.2, 0) is 22.1 Å². The molecule has 1 saturated heterocycles. The number of amides is 1. The Kier molecular flexibility index (Phi) is 7.42. The van der Waals surface area contributed by atoms with E-state index < -0.39 is 11.7 Å². The summed E-state index contributed by atoms with van der Waals surface area (Å²) in [4.78, 5) is 11.8. The molecule has 0 radical (unpaired) electrons. The largest absolute Gasteiger partial charge is 0.416 e. The molecule has 0 saturated carbocycles. The van der Waals surface area contributed by atoms with Crippen LogP contribution >= 0.6 is 11.8 Å². The Morgan fingerprint density at radius 3 is 2.50 bits per heavy atom. The Morgan fingerprint density at radius 1 is 1.21 bits per heavy atom. The molecule has 0 unspecified atom stereocenters. The first-order chi connectivity index (χ1) is 11.4. The fourth-order valence-electron chi connectivity index (χ4n) is 2.47. The fraction of sp³-hybridized carbons (Fsp3) is 0.588. The zero-order valence-corrected chi connectivity index (χ0v) is 14.2. The van der Waals surface area contributed by atoms with Crippen molar-refractivity contribution in [2.45, 2.75) is 37.1 Å². The summed E-state index contributed by atoms with van der Waals surface area (Å²) in [5, 5.41) is 3.47. The Bertz CT molecular complexity index is 514. The topological polar surface area (TPSA) is 38.3 Å². The fourth-order valence-corrected chi connectivity index (χ4v) is 3.54. The number of halogens is 3. The number of ether oxygens (including phenoxy) is 1. The van der Waals surface area contributed by atoms with Gasteiger partial charge in [0.2, 0.25) is 5.91 Å². The van der Waals surface area contributed by atoms with Gasteiger partial charge in [-0.05, 0) is 37.0 Å². The Hall–Kier alpha value is -1.21. The molecule has 134 valence electrons. The van der Waals surface area contributed by atoms with Crippen LogP contribution in [0.25, 0.3) is 0 Å². The van der Waals surface area contributed by atoms with Crippen LogP contribution in [0.4, 0.5) is 13.2 Å². The number of nitrogens with one attached hydrogen (secondary N) is 1. The van der Waals surface area contributed by atoms with Crippen LogP contribution < -0.4 is 5.32 Å². The van der Waals surface area contributed by atoms with Crippen molar-refractivity contribution >= 4 is 17.7 Å². The molecule has 0 atom stereocenters. The molecule has 24 heavy (non-hydrogen) atoms. The van der Waals surface area contributed by atoms with Crippen LogP contribution in [0.3, 0.4) is 0 Å². The number of thioether (sulfide) groups is 1. The molecule has 1 heterocycles. The number of benzene rings is 1. The first-order valence-corrected chi connectivity index (χ1v) is 9.12. The summed E-state index contributed by atoms with van der Waals surface area (Å²) in [5.74, 6) is 0.805. The van der Waals surface area contributed by atoms with Crippen LogP contribution in [-0.4, -0.2) is 36.7 Å². The zero-order valence-electron chi connectivity index (χ0n) is 13.4. The minimum atomic E-state index is -4.32. The highest BCUT2D eigenvalue weighted by atomic mass is 32.2. The SMILES string of the molecule is O=C(CCc1ccc(C(F)(F)F)cc1)NCCSC1CCOCC1. The predicted molar refractivity (Wildman–Crippen MR) is 89.1 cm³/mol. The van der Waals surface area contributed by atoms with E-state index in [0.717, 1.165) is 49.5 Å². The summed E-state index contributed by atoms with van der Waals surface area (Å²) >= 11 is 1.86. The summed E-state index contributed by atoms with van der Waals surface area (Å²) < 4.78 is 42.7. The van der Waals surface area contributed by atoms with E-state index in [2.05, 4.69) is 5.32 Å². The van der Waals surface area contributed by atoms with Crippen molar-refractivity contribution < 1.29 is 22.7 Å². The lowest BCUT2D eigenvalue weighted by atomic mass is 10.1. The van der Waals surface area contributed by atoms with Gasteiger partial charge in [0.1, 0.15) is 0 Å². The van der Waals surface area contributed by atoms with Crippen molar-refractivity contribution in [1.82, 2.24) is 5.32 Å². The second-order valence-electron chi connectivity index (χ2n) is 5.73. The molecular weight excluding hydrogens is 339 g/mol. The highest BCUT2D eigenvalue weighted by Gasteiger charge is 2.29. The van der Waals surface area contributed by atoms with E-state index in [-0.39, 0.29) is 12.3 Å². The summed E-state index contributed by atoms with van der Waals surface area (Å²) in [7, 11) is 0. The van der Waals surface area contributed by atoms with Gasteiger partial charge < -0.3 is 10.1 Å². The second-order valence-corrected chi connectivity index (χ2v) is 7.14. The standard InChI is InChI=1S/C17H22F3NO2S/c18-17(19,20)14-4-1-13(2-5-14)3-6-16(22)21-9-12-24-15-7-10-23-11-8-15/h1-2,4-5,15H,3,6-12H2,(H,21,22). The van der Waals surface area contributed by atoms with E-state index >= 15 is 0 Å². The molecule has 1 N–H and O–H groups in total. The maximum absolute atomic E-state index is 12.5. The van der Waals surface area contributed by atoms with Gasteiger partial charge in [-0.2, -0.15) is 24.9 Å². The summed E-state index contributed by atoms with van der Waals surface area (Å²) in [6.07, 6.45) is -1.47. The molecule has 1 aliphatic heterocycles. The van der Waals surface area contributed by atoms with Gasteiger partial charge in [-0.1, -0.05) is 12.1 Å². The normalized spacial score (nSPS) is 16.1. The Balaban J connectivity index is 1.60.